The molecule has 16 heavy (non-hydrogen) atoms. The molecular weight excluding hydrogens is 288 g/mol. The molecule has 1 aromatic heterocycles. The zero-order valence-corrected chi connectivity index (χ0v) is 11.1. The first-order valence-corrected chi connectivity index (χ1v) is 6.58. The first kappa shape index (κ1) is 11.6. The molecule has 0 fully saturated rings. The van der Waals surface area contributed by atoms with E-state index in [2.05, 4.69) is 28.1 Å². The number of fused-ring (bicyclic) bond motifs is 1. The number of hydrogen-bond donors (Lipinski definition) is 1. The third-order valence-electron chi connectivity index (χ3n) is 2.49. The maximum Gasteiger partial charge on any atom is 0.303 e. The molecule has 4 heteroatoms. The van der Waals surface area contributed by atoms with E-state index in [0.29, 0.717) is 0 Å². The van der Waals surface area contributed by atoms with Crippen LogP contribution in [0.4, 0.5) is 0 Å². The largest absolute Gasteiger partial charge is 0.481 e. The van der Waals surface area contributed by atoms with Gasteiger partial charge in [0.05, 0.1) is 6.42 Å². The van der Waals surface area contributed by atoms with Crippen molar-refractivity contribution in [2.24, 2.45) is 0 Å². The predicted octanol–water partition coefficient (Wildman–Crippen LogP) is 4.24. The van der Waals surface area contributed by atoms with E-state index in [1.165, 1.54) is 10.1 Å². The van der Waals surface area contributed by atoms with Gasteiger partial charge >= 0.3 is 5.97 Å². The average molecular weight is 299 g/mol. The third kappa shape index (κ3) is 2.28. The first-order chi connectivity index (χ1) is 7.58. The Balaban J connectivity index is 2.39. The monoisotopic (exact) mass is 298 g/mol. The zero-order chi connectivity index (χ0) is 11.7. The third-order valence-corrected chi connectivity index (χ3v) is 4.52. The number of carbonyl (C=O) groups is 1. The maximum absolute atomic E-state index is 10.7. The molecule has 84 valence electrons. The Morgan fingerprint density at radius 3 is 2.94 bits per heavy atom. The number of halogens is 1. The molecule has 1 heterocycles. The van der Waals surface area contributed by atoms with Gasteiger partial charge in [0, 0.05) is 25.4 Å². The molecule has 0 aliphatic carbocycles. The van der Waals surface area contributed by atoms with Crippen molar-refractivity contribution in [3.8, 4) is 0 Å². The van der Waals surface area contributed by atoms with E-state index in [-0.39, 0.29) is 12.3 Å². The molecule has 2 rings (SSSR count). The molecule has 1 atom stereocenters. The van der Waals surface area contributed by atoms with Crippen molar-refractivity contribution in [2.75, 3.05) is 0 Å². The Morgan fingerprint density at radius 2 is 2.31 bits per heavy atom. The van der Waals surface area contributed by atoms with E-state index < -0.39 is 5.97 Å². The van der Waals surface area contributed by atoms with Crippen LogP contribution in [0.2, 0.25) is 0 Å². The van der Waals surface area contributed by atoms with Crippen LogP contribution in [0.5, 0.6) is 0 Å². The summed E-state index contributed by atoms with van der Waals surface area (Å²) >= 11 is 5.17. The number of hydrogen-bond acceptors (Lipinski definition) is 2. The molecule has 0 radical (unpaired) electrons. The topological polar surface area (TPSA) is 37.3 Å². The Bertz CT molecular complexity index is 533. The predicted molar refractivity (Wildman–Crippen MR) is 70.2 cm³/mol. The van der Waals surface area contributed by atoms with Gasteiger partial charge in [-0.2, -0.15) is 0 Å². The summed E-state index contributed by atoms with van der Waals surface area (Å²) in [5.41, 5.74) is 0. The minimum Gasteiger partial charge on any atom is -0.481 e. The number of rotatable bonds is 3. The van der Waals surface area contributed by atoms with Crippen molar-refractivity contribution in [3.63, 3.8) is 0 Å². The van der Waals surface area contributed by atoms with Crippen LogP contribution < -0.4 is 0 Å². The van der Waals surface area contributed by atoms with E-state index >= 15 is 0 Å². The molecular formula is C12H11BrO2S. The van der Waals surface area contributed by atoms with Crippen LogP contribution in [-0.4, -0.2) is 11.1 Å². The number of aliphatic carboxylic acids is 1. The second-order valence-electron chi connectivity index (χ2n) is 3.80. The van der Waals surface area contributed by atoms with Crippen LogP contribution in [0.1, 0.15) is 24.1 Å². The van der Waals surface area contributed by atoms with Crippen LogP contribution in [0, 0.1) is 0 Å². The number of carboxylic acid groups (broad SMARTS) is 1. The number of carboxylic acids is 1. The highest BCUT2D eigenvalue weighted by molar-refractivity contribution is 9.10. The second kappa shape index (κ2) is 4.55. The average Bonchev–Trinajstić information content (AvgIpc) is 2.61. The summed E-state index contributed by atoms with van der Waals surface area (Å²) < 4.78 is 2.26. The van der Waals surface area contributed by atoms with Crippen LogP contribution in [0.3, 0.4) is 0 Å². The molecule has 2 nitrogen and oxygen atoms in total. The van der Waals surface area contributed by atoms with Crippen LogP contribution >= 0.6 is 27.3 Å². The lowest BCUT2D eigenvalue weighted by atomic mass is 10.1. The van der Waals surface area contributed by atoms with E-state index in [4.69, 9.17) is 5.11 Å². The van der Waals surface area contributed by atoms with E-state index in [9.17, 15) is 4.79 Å². The molecule has 0 bridgehead atoms. The molecule has 1 N–H and O–H groups in total. The molecule has 0 aliphatic rings. The minimum atomic E-state index is -0.746. The van der Waals surface area contributed by atoms with Crippen molar-refractivity contribution >= 4 is 43.3 Å². The van der Waals surface area contributed by atoms with Gasteiger partial charge in [0.15, 0.2) is 0 Å². The zero-order valence-electron chi connectivity index (χ0n) is 8.74. The van der Waals surface area contributed by atoms with Crippen molar-refractivity contribution in [2.45, 2.75) is 19.3 Å². The molecule has 0 aliphatic heterocycles. The summed E-state index contributed by atoms with van der Waals surface area (Å²) in [7, 11) is 0. The molecule has 0 amide bonds. The SMILES string of the molecule is CC(CC(=O)O)c1cc2c(Br)cccc2s1. The number of benzene rings is 1. The van der Waals surface area contributed by atoms with Gasteiger partial charge in [-0.15, -0.1) is 11.3 Å². The standard InChI is InChI=1S/C12H11BrO2S/c1-7(5-12(14)15)11-6-8-9(13)3-2-4-10(8)16-11/h2-4,6-7H,5H2,1H3,(H,14,15). The summed E-state index contributed by atoms with van der Waals surface area (Å²) in [6.45, 7) is 1.95. The Hall–Kier alpha value is -0.870. The van der Waals surface area contributed by atoms with E-state index in [1.807, 2.05) is 19.1 Å². The highest BCUT2D eigenvalue weighted by atomic mass is 79.9. The van der Waals surface area contributed by atoms with Gasteiger partial charge < -0.3 is 5.11 Å². The minimum absolute atomic E-state index is 0.0711. The Kier molecular flexibility index (Phi) is 3.30. The number of thiophene rings is 1. The van der Waals surface area contributed by atoms with Gasteiger partial charge in [0.25, 0.3) is 0 Å². The highest BCUT2D eigenvalue weighted by Gasteiger charge is 2.13. The van der Waals surface area contributed by atoms with Gasteiger partial charge in [-0.05, 0) is 18.2 Å². The fraction of sp³-hybridized carbons (Fsp3) is 0.250. The Labute approximate surface area is 106 Å². The van der Waals surface area contributed by atoms with E-state index in [0.717, 1.165) is 9.35 Å². The molecule has 2 aromatic rings. The molecule has 1 unspecified atom stereocenters. The van der Waals surface area contributed by atoms with Crippen LogP contribution in [0.15, 0.2) is 28.7 Å². The first-order valence-electron chi connectivity index (χ1n) is 4.97. The second-order valence-corrected chi connectivity index (χ2v) is 5.77. The lowest BCUT2D eigenvalue weighted by molar-refractivity contribution is -0.137. The van der Waals surface area contributed by atoms with Gasteiger partial charge in [0.1, 0.15) is 0 Å². The summed E-state index contributed by atoms with van der Waals surface area (Å²) in [5, 5.41) is 9.94. The summed E-state index contributed by atoms with van der Waals surface area (Å²) in [4.78, 5) is 11.8. The van der Waals surface area contributed by atoms with Crippen molar-refractivity contribution in [1.82, 2.24) is 0 Å². The lowest BCUT2D eigenvalue weighted by Gasteiger charge is -2.03. The van der Waals surface area contributed by atoms with Crippen LogP contribution in [-0.2, 0) is 4.79 Å². The van der Waals surface area contributed by atoms with Crippen molar-refractivity contribution < 1.29 is 9.90 Å². The quantitative estimate of drug-likeness (QED) is 0.920. The smallest absolute Gasteiger partial charge is 0.303 e. The molecule has 1 aromatic carbocycles. The highest BCUT2D eigenvalue weighted by Crippen LogP contribution is 2.35. The van der Waals surface area contributed by atoms with Crippen LogP contribution in [0.25, 0.3) is 10.1 Å². The summed E-state index contributed by atoms with van der Waals surface area (Å²) in [5.74, 6) is -0.675. The van der Waals surface area contributed by atoms with Gasteiger partial charge in [-0.1, -0.05) is 28.9 Å². The molecule has 0 spiro atoms. The lowest BCUT2D eigenvalue weighted by Crippen LogP contribution is -2.00. The fourth-order valence-electron chi connectivity index (χ4n) is 1.65. The normalized spacial score (nSPS) is 12.9. The summed E-state index contributed by atoms with van der Waals surface area (Å²) in [6.07, 6.45) is 0.185. The van der Waals surface area contributed by atoms with Gasteiger partial charge in [-0.3, -0.25) is 4.79 Å². The van der Waals surface area contributed by atoms with Gasteiger partial charge in [0.2, 0.25) is 0 Å². The molecule has 0 saturated heterocycles. The van der Waals surface area contributed by atoms with Crippen molar-refractivity contribution in [1.29, 1.82) is 0 Å². The van der Waals surface area contributed by atoms with Crippen molar-refractivity contribution in [3.05, 3.63) is 33.6 Å². The fourth-order valence-corrected chi connectivity index (χ4v) is 3.40. The van der Waals surface area contributed by atoms with Gasteiger partial charge in [-0.25, -0.2) is 0 Å². The Morgan fingerprint density at radius 1 is 1.56 bits per heavy atom. The maximum atomic E-state index is 10.7. The van der Waals surface area contributed by atoms with E-state index in [1.54, 1.807) is 11.3 Å². The summed E-state index contributed by atoms with van der Waals surface area (Å²) in [6, 6.07) is 8.13. The molecule has 0 saturated carbocycles.